The first-order valence-electron chi connectivity index (χ1n) is 4.65. The van der Waals surface area contributed by atoms with E-state index in [1.54, 1.807) is 13.8 Å². The van der Waals surface area contributed by atoms with Gasteiger partial charge in [-0.2, -0.15) is 13.2 Å². The molecule has 0 atom stereocenters. The molecule has 0 unspecified atom stereocenters. The lowest BCUT2D eigenvalue weighted by Crippen LogP contribution is -2.41. The van der Waals surface area contributed by atoms with E-state index in [1.807, 2.05) is 5.32 Å². The Labute approximate surface area is 86.7 Å². The standard InChI is InChI=1S/C9H16F3NO2/c1-8(2,4-3-5-14)6-13-7(15)9(10,11)12/h14H,3-6H2,1-2H3,(H,13,15). The first kappa shape index (κ1) is 14.2. The van der Waals surface area contributed by atoms with Crippen LogP contribution in [0.1, 0.15) is 26.7 Å². The van der Waals surface area contributed by atoms with Crippen molar-refractivity contribution < 1.29 is 23.1 Å². The number of carbonyl (C=O) groups is 1. The van der Waals surface area contributed by atoms with Crippen molar-refractivity contribution in [2.24, 2.45) is 5.41 Å². The van der Waals surface area contributed by atoms with Gasteiger partial charge in [-0.05, 0) is 18.3 Å². The highest BCUT2D eigenvalue weighted by Crippen LogP contribution is 2.22. The van der Waals surface area contributed by atoms with Gasteiger partial charge in [0.2, 0.25) is 0 Å². The van der Waals surface area contributed by atoms with Gasteiger partial charge in [0.1, 0.15) is 0 Å². The summed E-state index contributed by atoms with van der Waals surface area (Å²) >= 11 is 0. The van der Waals surface area contributed by atoms with E-state index < -0.39 is 17.5 Å². The normalized spacial score (nSPS) is 12.7. The van der Waals surface area contributed by atoms with Crippen LogP contribution in [-0.4, -0.2) is 30.3 Å². The van der Waals surface area contributed by atoms with Gasteiger partial charge in [-0.3, -0.25) is 4.79 Å². The minimum atomic E-state index is -4.83. The molecule has 0 aliphatic rings. The quantitative estimate of drug-likeness (QED) is 0.747. The third kappa shape index (κ3) is 6.33. The van der Waals surface area contributed by atoms with Crippen molar-refractivity contribution in [3.8, 4) is 0 Å². The maximum absolute atomic E-state index is 11.8. The van der Waals surface area contributed by atoms with Crippen LogP contribution in [-0.2, 0) is 4.79 Å². The molecular formula is C9H16F3NO2. The average Bonchev–Trinajstić information content (AvgIpc) is 2.09. The summed E-state index contributed by atoms with van der Waals surface area (Å²) in [4.78, 5) is 10.5. The number of hydrogen-bond acceptors (Lipinski definition) is 2. The van der Waals surface area contributed by atoms with Gasteiger partial charge in [0.05, 0.1) is 0 Å². The third-order valence-corrected chi connectivity index (χ3v) is 2.00. The molecule has 0 aliphatic heterocycles. The molecule has 0 rings (SSSR count). The molecule has 0 aromatic rings. The molecule has 0 bridgehead atoms. The van der Waals surface area contributed by atoms with Crippen LogP contribution in [0.2, 0.25) is 0 Å². The number of aliphatic hydroxyl groups is 1. The van der Waals surface area contributed by atoms with Crippen LogP contribution in [0.15, 0.2) is 0 Å². The smallest absolute Gasteiger partial charge is 0.396 e. The molecular weight excluding hydrogens is 211 g/mol. The number of alkyl halides is 3. The van der Waals surface area contributed by atoms with Gasteiger partial charge in [0, 0.05) is 13.2 Å². The first-order chi connectivity index (χ1) is 6.69. The number of carbonyl (C=O) groups excluding carboxylic acids is 1. The van der Waals surface area contributed by atoms with Crippen LogP contribution in [0.4, 0.5) is 13.2 Å². The molecule has 90 valence electrons. The van der Waals surface area contributed by atoms with E-state index in [9.17, 15) is 18.0 Å². The van der Waals surface area contributed by atoms with E-state index in [-0.39, 0.29) is 13.2 Å². The zero-order valence-corrected chi connectivity index (χ0v) is 8.82. The van der Waals surface area contributed by atoms with Crippen LogP contribution in [0.25, 0.3) is 0 Å². The van der Waals surface area contributed by atoms with Gasteiger partial charge < -0.3 is 10.4 Å². The highest BCUT2D eigenvalue weighted by atomic mass is 19.4. The van der Waals surface area contributed by atoms with Gasteiger partial charge in [0.15, 0.2) is 0 Å². The Balaban J connectivity index is 3.98. The van der Waals surface area contributed by atoms with E-state index in [0.717, 1.165) is 0 Å². The lowest BCUT2D eigenvalue weighted by Gasteiger charge is -2.24. The molecule has 0 saturated carbocycles. The van der Waals surface area contributed by atoms with Gasteiger partial charge in [0.25, 0.3) is 0 Å². The molecule has 0 radical (unpaired) electrons. The van der Waals surface area contributed by atoms with Crippen molar-refractivity contribution in [2.75, 3.05) is 13.2 Å². The summed E-state index contributed by atoms with van der Waals surface area (Å²) in [6, 6.07) is 0. The lowest BCUT2D eigenvalue weighted by molar-refractivity contribution is -0.174. The number of aliphatic hydroxyl groups excluding tert-OH is 1. The molecule has 0 aliphatic carbocycles. The molecule has 0 aromatic heterocycles. The Morgan fingerprint density at radius 3 is 2.27 bits per heavy atom. The molecule has 0 spiro atoms. The molecule has 3 nitrogen and oxygen atoms in total. The SMILES string of the molecule is CC(C)(CCCO)CNC(=O)C(F)(F)F. The zero-order valence-electron chi connectivity index (χ0n) is 8.82. The van der Waals surface area contributed by atoms with Crippen LogP contribution >= 0.6 is 0 Å². The van der Waals surface area contributed by atoms with Crippen LogP contribution < -0.4 is 5.32 Å². The monoisotopic (exact) mass is 227 g/mol. The number of nitrogens with one attached hydrogen (secondary N) is 1. The largest absolute Gasteiger partial charge is 0.471 e. The van der Waals surface area contributed by atoms with Crippen molar-refractivity contribution in [2.45, 2.75) is 32.9 Å². The maximum Gasteiger partial charge on any atom is 0.471 e. The zero-order chi connectivity index (χ0) is 12.1. The van der Waals surface area contributed by atoms with Crippen LogP contribution in [0, 0.1) is 5.41 Å². The van der Waals surface area contributed by atoms with E-state index in [0.29, 0.717) is 12.8 Å². The molecule has 0 saturated heterocycles. The molecule has 1 amide bonds. The Morgan fingerprint density at radius 1 is 1.33 bits per heavy atom. The van der Waals surface area contributed by atoms with Crippen molar-refractivity contribution in [1.29, 1.82) is 0 Å². The molecule has 2 N–H and O–H groups in total. The topological polar surface area (TPSA) is 49.3 Å². The molecule has 0 aromatic carbocycles. The van der Waals surface area contributed by atoms with Crippen molar-refractivity contribution in [1.82, 2.24) is 5.32 Å². The van der Waals surface area contributed by atoms with Crippen molar-refractivity contribution in [3.63, 3.8) is 0 Å². The Morgan fingerprint density at radius 2 is 1.87 bits per heavy atom. The number of rotatable bonds is 5. The van der Waals surface area contributed by atoms with E-state index in [2.05, 4.69) is 0 Å². The second kappa shape index (κ2) is 5.34. The fourth-order valence-corrected chi connectivity index (χ4v) is 1.07. The van der Waals surface area contributed by atoms with Crippen LogP contribution in [0.3, 0.4) is 0 Å². The summed E-state index contributed by atoms with van der Waals surface area (Å²) in [7, 11) is 0. The highest BCUT2D eigenvalue weighted by Gasteiger charge is 2.39. The molecule has 0 fully saturated rings. The van der Waals surface area contributed by atoms with Gasteiger partial charge >= 0.3 is 12.1 Å². The summed E-state index contributed by atoms with van der Waals surface area (Å²) < 4.78 is 35.5. The minimum Gasteiger partial charge on any atom is -0.396 e. The lowest BCUT2D eigenvalue weighted by atomic mass is 9.88. The summed E-state index contributed by atoms with van der Waals surface area (Å²) in [5.41, 5.74) is -0.441. The molecule has 15 heavy (non-hydrogen) atoms. The van der Waals surface area contributed by atoms with Crippen LogP contribution in [0.5, 0.6) is 0 Å². The van der Waals surface area contributed by atoms with Gasteiger partial charge in [-0.15, -0.1) is 0 Å². The molecule has 6 heteroatoms. The van der Waals surface area contributed by atoms with E-state index >= 15 is 0 Å². The van der Waals surface area contributed by atoms with Gasteiger partial charge in [-0.25, -0.2) is 0 Å². The van der Waals surface area contributed by atoms with E-state index in [1.165, 1.54) is 0 Å². The summed E-state index contributed by atoms with van der Waals surface area (Å²) in [5.74, 6) is -1.92. The minimum absolute atomic E-state index is 0.00333. The molecule has 0 heterocycles. The van der Waals surface area contributed by atoms with Crippen molar-refractivity contribution in [3.05, 3.63) is 0 Å². The summed E-state index contributed by atoms with van der Waals surface area (Å²) in [6.45, 7) is 3.42. The fraction of sp³-hybridized carbons (Fsp3) is 0.889. The second-order valence-electron chi connectivity index (χ2n) is 4.17. The Hall–Kier alpha value is -0.780. The second-order valence-corrected chi connectivity index (χ2v) is 4.17. The van der Waals surface area contributed by atoms with Gasteiger partial charge in [-0.1, -0.05) is 13.8 Å². The average molecular weight is 227 g/mol. The Kier molecular flexibility index (Phi) is 5.07. The summed E-state index contributed by atoms with van der Waals surface area (Å²) in [6.07, 6.45) is -3.76. The highest BCUT2D eigenvalue weighted by molar-refractivity contribution is 5.81. The predicted molar refractivity (Wildman–Crippen MR) is 49.2 cm³/mol. The predicted octanol–water partition coefficient (Wildman–Crippen LogP) is 1.46. The number of halogens is 3. The Bertz CT molecular complexity index is 214. The van der Waals surface area contributed by atoms with Crippen molar-refractivity contribution >= 4 is 5.91 Å². The van der Waals surface area contributed by atoms with E-state index in [4.69, 9.17) is 5.11 Å². The fourth-order valence-electron chi connectivity index (χ4n) is 1.07. The number of amides is 1. The first-order valence-corrected chi connectivity index (χ1v) is 4.65. The number of hydrogen-bond donors (Lipinski definition) is 2. The third-order valence-electron chi connectivity index (χ3n) is 2.00. The summed E-state index contributed by atoms with van der Waals surface area (Å²) in [5, 5.41) is 10.4. The maximum atomic E-state index is 11.8.